The Morgan fingerprint density at radius 2 is 2.06 bits per heavy atom. The summed E-state index contributed by atoms with van der Waals surface area (Å²) in [5, 5.41) is 7.64. The second-order valence-electron chi connectivity index (χ2n) is 3.73. The molecule has 4 heteroatoms. The molecule has 2 rings (SSSR count). The van der Waals surface area contributed by atoms with Gasteiger partial charge in [0.25, 0.3) is 0 Å². The summed E-state index contributed by atoms with van der Waals surface area (Å²) in [6.07, 6.45) is 4.57. The lowest BCUT2D eigenvalue weighted by molar-refractivity contribution is 0.682. The minimum absolute atomic E-state index is 0.968. The van der Waals surface area contributed by atoms with Crippen molar-refractivity contribution in [3.8, 4) is 11.3 Å². The van der Waals surface area contributed by atoms with Gasteiger partial charge in [-0.15, -0.1) is 0 Å². The average Bonchev–Trinajstić information content (AvgIpc) is 2.69. The van der Waals surface area contributed by atoms with Gasteiger partial charge in [-0.1, -0.05) is 0 Å². The molecule has 4 nitrogen and oxygen atoms in total. The van der Waals surface area contributed by atoms with Crippen molar-refractivity contribution in [1.82, 2.24) is 20.1 Å². The summed E-state index contributed by atoms with van der Waals surface area (Å²) in [5.74, 6) is 0. The van der Waals surface area contributed by atoms with Gasteiger partial charge in [-0.05, 0) is 25.2 Å². The first-order chi connectivity index (χ1) is 7.81. The molecule has 0 saturated heterocycles. The zero-order valence-corrected chi connectivity index (χ0v) is 9.64. The molecule has 84 valence electrons. The molecule has 0 aromatic carbocycles. The molecule has 0 amide bonds. The maximum absolute atomic E-state index is 4.49. The fourth-order valence-corrected chi connectivity index (χ4v) is 1.66. The lowest BCUT2D eigenvalue weighted by Crippen LogP contribution is -2.12. The smallest absolute Gasteiger partial charge is 0.0927 e. The maximum atomic E-state index is 4.49. The van der Waals surface area contributed by atoms with Crippen molar-refractivity contribution in [3.63, 3.8) is 0 Å². The Balaban J connectivity index is 2.24. The second kappa shape index (κ2) is 4.90. The van der Waals surface area contributed by atoms with Crippen LogP contribution in [0.25, 0.3) is 11.3 Å². The Hall–Kier alpha value is -1.68. The van der Waals surface area contributed by atoms with E-state index in [0.717, 1.165) is 24.2 Å². The zero-order chi connectivity index (χ0) is 11.4. The SMILES string of the molecule is CNCCc1cc(-c2ccncc2)nn1C. The molecule has 0 saturated carbocycles. The molecule has 0 aliphatic heterocycles. The van der Waals surface area contributed by atoms with E-state index in [1.807, 2.05) is 30.9 Å². The number of nitrogens with one attached hydrogen (secondary N) is 1. The molecule has 0 spiro atoms. The molecule has 0 aliphatic carbocycles. The standard InChI is InChI=1S/C12H16N4/c1-13-6-5-11-9-12(15-16(11)2)10-3-7-14-8-4-10/h3-4,7-9,13H,5-6H2,1-2H3. The highest BCUT2D eigenvalue weighted by Gasteiger charge is 2.06. The predicted molar refractivity (Wildman–Crippen MR) is 64.1 cm³/mol. The molecule has 2 heterocycles. The Labute approximate surface area is 95.3 Å². The fraction of sp³-hybridized carbons (Fsp3) is 0.333. The Morgan fingerprint density at radius 3 is 2.75 bits per heavy atom. The first-order valence-corrected chi connectivity index (χ1v) is 5.39. The van der Waals surface area contributed by atoms with E-state index in [9.17, 15) is 0 Å². The summed E-state index contributed by atoms with van der Waals surface area (Å²) in [4.78, 5) is 4.01. The molecule has 0 atom stereocenters. The predicted octanol–water partition coefficient (Wildman–Crippen LogP) is 1.24. The lowest BCUT2D eigenvalue weighted by Gasteiger charge is -1.99. The van der Waals surface area contributed by atoms with Gasteiger partial charge in [0.1, 0.15) is 0 Å². The van der Waals surface area contributed by atoms with Gasteiger partial charge in [-0.2, -0.15) is 5.10 Å². The third-order valence-electron chi connectivity index (χ3n) is 2.58. The molecule has 0 aliphatic rings. The van der Waals surface area contributed by atoms with E-state index in [2.05, 4.69) is 21.5 Å². The Morgan fingerprint density at radius 1 is 1.31 bits per heavy atom. The van der Waals surface area contributed by atoms with Crippen LogP contribution in [0.5, 0.6) is 0 Å². The molecule has 16 heavy (non-hydrogen) atoms. The fourth-order valence-electron chi connectivity index (χ4n) is 1.66. The van der Waals surface area contributed by atoms with Gasteiger partial charge < -0.3 is 5.32 Å². The minimum Gasteiger partial charge on any atom is -0.319 e. The molecule has 2 aromatic heterocycles. The highest BCUT2D eigenvalue weighted by Crippen LogP contribution is 2.17. The summed E-state index contributed by atoms with van der Waals surface area (Å²) in [6, 6.07) is 6.08. The third-order valence-corrected chi connectivity index (χ3v) is 2.58. The van der Waals surface area contributed by atoms with Crippen LogP contribution in [0.2, 0.25) is 0 Å². The van der Waals surface area contributed by atoms with Gasteiger partial charge in [-0.3, -0.25) is 9.67 Å². The van der Waals surface area contributed by atoms with Crippen molar-refractivity contribution in [1.29, 1.82) is 0 Å². The van der Waals surface area contributed by atoms with E-state index in [1.54, 1.807) is 12.4 Å². The summed E-state index contributed by atoms with van der Waals surface area (Å²) in [7, 11) is 3.94. The van der Waals surface area contributed by atoms with Crippen molar-refractivity contribution >= 4 is 0 Å². The second-order valence-corrected chi connectivity index (χ2v) is 3.73. The molecule has 0 bridgehead atoms. The van der Waals surface area contributed by atoms with Crippen LogP contribution < -0.4 is 5.32 Å². The van der Waals surface area contributed by atoms with E-state index >= 15 is 0 Å². The monoisotopic (exact) mass is 216 g/mol. The number of likely N-dealkylation sites (N-methyl/N-ethyl adjacent to an activating group) is 1. The summed E-state index contributed by atoms with van der Waals surface area (Å²) in [6.45, 7) is 0.968. The molecule has 0 unspecified atom stereocenters. The van der Waals surface area contributed by atoms with Gasteiger partial charge in [0.15, 0.2) is 0 Å². The van der Waals surface area contributed by atoms with Crippen molar-refractivity contribution in [3.05, 3.63) is 36.3 Å². The average molecular weight is 216 g/mol. The van der Waals surface area contributed by atoms with Crippen molar-refractivity contribution in [2.45, 2.75) is 6.42 Å². The number of nitrogens with zero attached hydrogens (tertiary/aromatic N) is 3. The van der Waals surface area contributed by atoms with Crippen LogP contribution >= 0.6 is 0 Å². The lowest BCUT2D eigenvalue weighted by atomic mass is 10.2. The highest BCUT2D eigenvalue weighted by atomic mass is 15.3. The van der Waals surface area contributed by atoms with Crippen LogP contribution in [-0.4, -0.2) is 28.4 Å². The summed E-state index contributed by atoms with van der Waals surface area (Å²) >= 11 is 0. The van der Waals surface area contributed by atoms with E-state index in [0.29, 0.717) is 0 Å². The molecular weight excluding hydrogens is 200 g/mol. The van der Waals surface area contributed by atoms with Gasteiger partial charge in [0, 0.05) is 43.7 Å². The topological polar surface area (TPSA) is 42.7 Å². The Kier molecular flexibility index (Phi) is 3.31. The van der Waals surface area contributed by atoms with Gasteiger partial charge in [-0.25, -0.2) is 0 Å². The van der Waals surface area contributed by atoms with Crippen LogP contribution in [0.1, 0.15) is 5.69 Å². The van der Waals surface area contributed by atoms with E-state index < -0.39 is 0 Å². The summed E-state index contributed by atoms with van der Waals surface area (Å²) < 4.78 is 1.94. The van der Waals surface area contributed by atoms with Gasteiger partial charge in [0.05, 0.1) is 5.69 Å². The molecular formula is C12H16N4. The highest BCUT2D eigenvalue weighted by molar-refractivity contribution is 5.58. The minimum atomic E-state index is 0.968. The van der Waals surface area contributed by atoms with Crippen molar-refractivity contribution < 1.29 is 0 Å². The van der Waals surface area contributed by atoms with Crippen LogP contribution in [0.4, 0.5) is 0 Å². The number of pyridine rings is 1. The van der Waals surface area contributed by atoms with Crippen molar-refractivity contribution in [2.24, 2.45) is 7.05 Å². The molecule has 1 N–H and O–H groups in total. The zero-order valence-electron chi connectivity index (χ0n) is 9.64. The molecule has 0 fully saturated rings. The number of aromatic nitrogens is 3. The number of hydrogen-bond acceptors (Lipinski definition) is 3. The number of hydrogen-bond donors (Lipinski definition) is 1. The first-order valence-electron chi connectivity index (χ1n) is 5.39. The van der Waals surface area contributed by atoms with Gasteiger partial charge in [0.2, 0.25) is 0 Å². The maximum Gasteiger partial charge on any atom is 0.0927 e. The largest absolute Gasteiger partial charge is 0.319 e. The summed E-state index contributed by atoms with van der Waals surface area (Å²) in [5.41, 5.74) is 3.36. The van der Waals surface area contributed by atoms with Crippen LogP contribution in [-0.2, 0) is 13.5 Å². The van der Waals surface area contributed by atoms with Crippen molar-refractivity contribution in [2.75, 3.05) is 13.6 Å². The van der Waals surface area contributed by atoms with Gasteiger partial charge >= 0.3 is 0 Å². The molecule has 2 aromatic rings. The number of aryl methyl sites for hydroxylation is 1. The third kappa shape index (κ3) is 2.28. The van der Waals surface area contributed by atoms with E-state index in [-0.39, 0.29) is 0 Å². The quantitative estimate of drug-likeness (QED) is 0.836. The first kappa shape index (κ1) is 10.8. The van der Waals surface area contributed by atoms with E-state index in [4.69, 9.17) is 0 Å². The molecule has 0 radical (unpaired) electrons. The number of rotatable bonds is 4. The van der Waals surface area contributed by atoms with Crippen LogP contribution in [0, 0.1) is 0 Å². The van der Waals surface area contributed by atoms with Crippen LogP contribution in [0.3, 0.4) is 0 Å². The van der Waals surface area contributed by atoms with E-state index in [1.165, 1.54) is 5.69 Å². The van der Waals surface area contributed by atoms with Crippen LogP contribution in [0.15, 0.2) is 30.6 Å². The Bertz CT molecular complexity index is 447. The normalized spacial score (nSPS) is 10.6.